The van der Waals surface area contributed by atoms with Gasteiger partial charge in [-0.15, -0.1) is 0 Å². The highest BCUT2D eigenvalue weighted by molar-refractivity contribution is 6.36. The van der Waals surface area contributed by atoms with Gasteiger partial charge >= 0.3 is 0 Å². The van der Waals surface area contributed by atoms with Crippen molar-refractivity contribution >= 4 is 91.6 Å². The monoisotopic (exact) mass is 668 g/mol. The van der Waals surface area contributed by atoms with Crippen LogP contribution >= 0.6 is 11.6 Å². The molecular weight excluding hydrogens is 632 g/mol. The van der Waals surface area contributed by atoms with Gasteiger partial charge in [0.15, 0.2) is 0 Å². The second kappa shape index (κ2) is 23.9. The topological polar surface area (TPSA) is 51.6 Å². The van der Waals surface area contributed by atoms with Gasteiger partial charge in [-0.1, -0.05) is 117 Å². The average Bonchev–Trinajstić information content (AvgIpc) is 3.08. The number of benzene rings is 3. The first-order valence-electron chi connectivity index (χ1n) is 15.3. The Balaban J connectivity index is 0.000000300. The Morgan fingerprint density at radius 2 is 0.960 bits per heavy atom. The fraction of sp³-hybridized carbons (Fsp3) is 0.158. The van der Waals surface area contributed by atoms with Crippen LogP contribution in [0.15, 0.2) is 110 Å². The molecule has 4 nitrogen and oxygen atoms in total. The summed E-state index contributed by atoms with van der Waals surface area (Å²) < 4.78 is 12.5. The molecule has 12 heteroatoms. The second-order valence-electron chi connectivity index (χ2n) is 11.0. The zero-order valence-corrected chi connectivity index (χ0v) is 30.2. The van der Waals surface area contributed by atoms with Crippen LogP contribution in [0.2, 0.25) is 5.02 Å². The maximum Gasteiger partial charge on any atom is 0.141 e. The van der Waals surface area contributed by atoms with Crippen LogP contribution in [0.5, 0.6) is 0 Å². The third-order valence-corrected chi connectivity index (χ3v) is 6.55. The molecule has 12 radical (unpaired) electrons. The molecule has 0 spiro atoms. The van der Waals surface area contributed by atoms with Crippen molar-refractivity contribution in [3.63, 3.8) is 0 Å². The van der Waals surface area contributed by atoms with E-state index in [-0.39, 0.29) is 5.82 Å². The summed E-state index contributed by atoms with van der Waals surface area (Å²) in [5, 5.41) is 0.731. The number of halogens is 2. The lowest BCUT2D eigenvalue weighted by Crippen LogP contribution is -2.05. The molecule has 6 aromatic rings. The molecule has 0 aliphatic carbocycles. The van der Waals surface area contributed by atoms with Gasteiger partial charge in [0.1, 0.15) is 58.7 Å². The molecule has 0 saturated carbocycles. The van der Waals surface area contributed by atoms with Gasteiger partial charge in [-0.2, -0.15) is 0 Å². The second-order valence-corrected chi connectivity index (χ2v) is 11.4. The smallest absolute Gasteiger partial charge is 0.141 e. The molecular formula is C38H36B6ClFN4. The standard InChI is InChI=1S/C7H6BCl.C7H6BF.C7H7B.2C6H6BN.C5H5BN2/c2*1-5-2-3-6(8)4-7(5)9;1-6-2-4-7(8)5-3-6;1-5-2-3-6(7)4-8-5;1-5-2-3-6(7)8-4-5;1-4-7-2-5(6)3-8-4/h2*2-4H,1H3;2-5H,1H3;2*2-4H,1H3;2-3H,1H3. The minimum atomic E-state index is -0.241. The highest BCUT2D eigenvalue weighted by atomic mass is 35.5. The average molecular weight is 668 g/mol. The first-order chi connectivity index (χ1) is 23.5. The minimum absolute atomic E-state index is 0.241. The Kier molecular flexibility index (Phi) is 20.9. The molecule has 50 heavy (non-hydrogen) atoms. The van der Waals surface area contributed by atoms with Gasteiger partial charge in [0.05, 0.1) is 0 Å². The molecule has 3 heterocycles. The molecule has 0 fully saturated rings. The van der Waals surface area contributed by atoms with Crippen LogP contribution in [0.4, 0.5) is 4.39 Å². The molecule has 240 valence electrons. The van der Waals surface area contributed by atoms with Crippen LogP contribution in [-0.4, -0.2) is 67.0 Å². The summed E-state index contributed by atoms with van der Waals surface area (Å²) in [7, 11) is 32.1. The molecule has 0 N–H and O–H groups in total. The maximum atomic E-state index is 12.5. The number of hydrogen-bond acceptors (Lipinski definition) is 4. The zero-order chi connectivity index (χ0) is 37.6. The third kappa shape index (κ3) is 20.9. The Morgan fingerprint density at radius 3 is 1.34 bits per heavy atom. The van der Waals surface area contributed by atoms with Gasteiger partial charge in [0.2, 0.25) is 0 Å². The highest BCUT2D eigenvalue weighted by Crippen LogP contribution is 2.10. The largest absolute Gasteiger partial charge is 0.273 e. The van der Waals surface area contributed by atoms with Crippen LogP contribution in [0.3, 0.4) is 0 Å². The number of rotatable bonds is 0. The first-order valence-corrected chi connectivity index (χ1v) is 15.7. The highest BCUT2D eigenvalue weighted by Gasteiger charge is 1.93. The van der Waals surface area contributed by atoms with Crippen molar-refractivity contribution < 1.29 is 4.39 Å². The summed E-state index contributed by atoms with van der Waals surface area (Å²) >= 11 is 5.73. The van der Waals surface area contributed by atoms with Crippen LogP contribution in [0.25, 0.3) is 0 Å². The summed E-state index contributed by atoms with van der Waals surface area (Å²) in [6, 6.07) is 25.4. The molecule has 0 unspecified atom stereocenters. The predicted molar refractivity (Wildman–Crippen MR) is 216 cm³/mol. The lowest BCUT2D eigenvalue weighted by Gasteiger charge is -1.96. The molecule has 3 aromatic heterocycles. The van der Waals surface area contributed by atoms with Gasteiger partial charge in [-0.25, -0.2) is 14.4 Å². The molecule has 0 atom stereocenters. The Hall–Kier alpha value is -4.35. The van der Waals surface area contributed by atoms with Crippen molar-refractivity contribution in [2.24, 2.45) is 0 Å². The number of pyridine rings is 2. The molecule has 0 bridgehead atoms. The molecule has 3 aromatic carbocycles. The van der Waals surface area contributed by atoms with Crippen molar-refractivity contribution in [1.29, 1.82) is 0 Å². The molecule has 0 amide bonds. The molecule has 0 aliphatic rings. The molecule has 0 saturated heterocycles. The van der Waals surface area contributed by atoms with E-state index in [0.29, 0.717) is 27.5 Å². The van der Waals surface area contributed by atoms with E-state index in [4.69, 9.17) is 58.7 Å². The number of aryl methyl sites for hydroxylation is 6. The van der Waals surface area contributed by atoms with Crippen LogP contribution < -0.4 is 32.9 Å². The van der Waals surface area contributed by atoms with Crippen molar-refractivity contribution in [1.82, 2.24) is 19.9 Å². The summed E-state index contributed by atoms with van der Waals surface area (Å²) in [5.74, 6) is 0.509. The van der Waals surface area contributed by atoms with E-state index in [1.807, 2.05) is 89.2 Å². The van der Waals surface area contributed by atoms with E-state index < -0.39 is 0 Å². The number of nitrogens with zero attached hydrogens (tertiary/aromatic N) is 4. The van der Waals surface area contributed by atoms with Gasteiger partial charge in [-0.3, -0.25) is 9.97 Å². The number of hydrogen-bond donors (Lipinski definition) is 0. The quantitative estimate of drug-likeness (QED) is 0.234. The van der Waals surface area contributed by atoms with Crippen molar-refractivity contribution in [2.45, 2.75) is 41.5 Å². The predicted octanol–water partition coefficient (Wildman–Crippen LogP) is 3.11. The first kappa shape index (κ1) is 43.7. The van der Waals surface area contributed by atoms with Crippen molar-refractivity contribution in [3.05, 3.63) is 154 Å². The Labute approximate surface area is 310 Å². The summed E-state index contributed by atoms with van der Waals surface area (Å²) in [6.07, 6.45) is 6.56. The third-order valence-electron chi connectivity index (χ3n) is 6.14. The lowest BCUT2D eigenvalue weighted by atomic mass is 9.95. The van der Waals surface area contributed by atoms with E-state index in [0.717, 1.165) is 38.6 Å². The van der Waals surface area contributed by atoms with Crippen LogP contribution in [-0.2, 0) is 0 Å². The Morgan fingerprint density at radius 1 is 0.460 bits per heavy atom. The fourth-order valence-electron chi connectivity index (χ4n) is 3.15. The zero-order valence-electron chi connectivity index (χ0n) is 29.4. The van der Waals surface area contributed by atoms with Crippen molar-refractivity contribution in [2.75, 3.05) is 0 Å². The summed E-state index contributed by atoms with van der Waals surface area (Å²) in [5.41, 5.74) is 8.99. The SMILES string of the molecule is [B]c1ccc(C)c(Cl)c1.[B]c1ccc(C)c(F)c1.[B]c1ccc(C)cc1.[B]c1ccc(C)cn1.[B]c1ccc(C)nc1.[B]c1cnc(C)nc1. The lowest BCUT2D eigenvalue weighted by molar-refractivity contribution is 0.619. The van der Waals surface area contributed by atoms with Gasteiger partial charge in [0.25, 0.3) is 0 Å². The van der Waals surface area contributed by atoms with E-state index in [1.54, 1.807) is 56.0 Å². The fourth-order valence-corrected chi connectivity index (χ4v) is 3.33. The molecule has 0 aliphatic heterocycles. The summed E-state index contributed by atoms with van der Waals surface area (Å²) in [4.78, 5) is 15.5. The number of aromatic nitrogens is 4. The molecule has 6 rings (SSSR count). The van der Waals surface area contributed by atoms with Gasteiger partial charge < -0.3 is 0 Å². The van der Waals surface area contributed by atoms with E-state index in [1.165, 1.54) is 11.6 Å². The van der Waals surface area contributed by atoms with E-state index in [9.17, 15) is 4.39 Å². The maximum absolute atomic E-state index is 12.5. The van der Waals surface area contributed by atoms with E-state index in [2.05, 4.69) is 19.9 Å². The van der Waals surface area contributed by atoms with Crippen LogP contribution in [0, 0.1) is 47.4 Å². The van der Waals surface area contributed by atoms with Gasteiger partial charge in [-0.05, 0) is 76.0 Å². The Bertz CT molecular complexity index is 1520. The van der Waals surface area contributed by atoms with Crippen LogP contribution in [0.1, 0.15) is 33.8 Å². The normalized spacial score (nSPS) is 9.28. The van der Waals surface area contributed by atoms with Gasteiger partial charge in [0, 0.05) is 35.5 Å². The van der Waals surface area contributed by atoms with Crippen molar-refractivity contribution in [3.8, 4) is 0 Å². The minimum Gasteiger partial charge on any atom is -0.273 e. The van der Waals surface area contributed by atoms with E-state index >= 15 is 0 Å². The summed E-state index contributed by atoms with van der Waals surface area (Å²) in [6.45, 7) is 11.4.